The van der Waals surface area contributed by atoms with Crippen LogP contribution in [0.5, 0.6) is 5.75 Å². The van der Waals surface area contributed by atoms with Crippen molar-refractivity contribution in [1.82, 2.24) is 20.4 Å². The molecule has 2 N–H and O–H groups in total. The summed E-state index contributed by atoms with van der Waals surface area (Å²) >= 11 is 0. The van der Waals surface area contributed by atoms with Crippen LogP contribution in [0.4, 0.5) is 0 Å². The Balaban J connectivity index is 1.97. The topological polar surface area (TPSA) is 85.3 Å². The van der Waals surface area contributed by atoms with Crippen LogP contribution in [0.25, 0.3) is 11.3 Å². The van der Waals surface area contributed by atoms with Crippen LogP contribution in [-0.2, 0) is 11.3 Å². The predicted molar refractivity (Wildman–Crippen MR) is 115 cm³/mol. The van der Waals surface area contributed by atoms with Crippen LogP contribution in [0.2, 0.25) is 0 Å². The molecule has 1 aromatic heterocycles. The number of benzene rings is 2. The van der Waals surface area contributed by atoms with Crippen molar-refractivity contribution in [3.8, 4) is 17.0 Å². The highest BCUT2D eigenvalue weighted by Gasteiger charge is 2.23. The number of carbonyl (C=O) groups excluding carboxylic acids is 2. The highest BCUT2D eigenvalue weighted by molar-refractivity contribution is 6.02. The van der Waals surface area contributed by atoms with E-state index >= 15 is 0 Å². The Bertz CT molecular complexity index is 1010. The lowest BCUT2D eigenvalue weighted by atomic mass is 10.1. The van der Waals surface area contributed by atoms with E-state index in [9.17, 15) is 9.59 Å². The van der Waals surface area contributed by atoms with Gasteiger partial charge in [0.25, 0.3) is 5.91 Å². The second-order valence-electron chi connectivity index (χ2n) is 6.86. The molecule has 3 aromatic rings. The number of amides is 2. The Morgan fingerprint density at radius 2 is 1.80 bits per heavy atom. The fourth-order valence-electron chi connectivity index (χ4n) is 3.15. The summed E-state index contributed by atoms with van der Waals surface area (Å²) in [6.45, 7) is 4.50. The molecular formula is C23H26N4O3. The van der Waals surface area contributed by atoms with E-state index in [4.69, 9.17) is 4.74 Å². The van der Waals surface area contributed by atoms with Crippen molar-refractivity contribution in [3.05, 3.63) is 71.9 Å². The fourth-order valence-corrected chi connectivity index (χ4v) is 3.15. The number of aromatic nitrogens is 2. The molecule has 0 aliphatic rings. The Labute approximate surface area is 176 Å². The summed E-state index contributed by atoms with van der Waals surface area (Å²) in [5, 5.41) is 10.1. The van der Waals surface area contributed by atoms with Crippen LogP contribution >= 0.6 is 0 Å². The van der Waals surface area contributed by atoms with E-state index in [1.807, 2.05) is 61.5 Å². The molecule has 1 heterocycles. The van der Waals surface area contributed by atoms with Gasteiger partial charge in [-0.1, -0.05) is 42.5 Å². The fraction of sp³-hybridized carbons (Fsp3) is 0.261. The van der Waals surface area contributed by atoms with Gasteiger partial charge in [0.05, 0.1) is 19.2 Å². The summed E-state index contributed by atoms with van der Waals surface area (Å²) in [4.78, 5) is 25.1. The van der Waals surface area contributed by atoms with Gasteiger partial charge in [-0.05, 0) is 31.5 Å². The van der Waals surface area contributed by atoms with Crippen LogP contribution < -0.4 is 15.4 Å². The standard InChI is InChI=1S/C23H26N4O3/c1-4-24-22(28)16(2)25-23(29)19-15-27(14-17-10-6-5-7-11-17)26-21(19)18-12-8-9-13-20(18)30-3/h5-13,15-16H,4,14H2,1-3H3,(H,24,28)(H,25,29)/t16-/m0/s1. The highest BCUT2D eigenvalue weighted by atomic mass is 16.5. The molecular weight excluding hydrogens is 380 g/mol. The minimum atomic E-state index is -0.666. The first-order valence-electron chi connectivity index (χ1n) is 9.86. The van der Waals surface area contributed by atoms with Crippen molar-refractivity contribution in [2.75, 3.05) is 13.7 Å². The molecule has 3 rings (SSSR count). The van der Waals surface area contributed by atoms with Crippen molar-refractivity contribution in [2.24, 2.45) is 0 Å². The second-order valence-corrected chi connectivity index (χ2v) is 6.86. The molecule has 0 unspecified atom stereocenters. The van der Waals surface area contributed by atoms with Crippen LogP contribution in [0.15, 0.2) is 60.8 Å². The third kappa shape index (κ3) is 4.86. The van der Waals surface area contributed by atoms with E-state index < -0.39 is 6.04 Å². The molecule has 0 aliphatic heterocycles. The average molecular weight is 406 g/mol. The number of hydrogen-bond acceptors (Lipinski definition) is 4. The molecule has 7 nitrogen and oxygen atoms in total. The quantitative estimate of drug-likeness (QED) is 0.602. The number of rotatable bonds is 8. The minimum Gasteiger partial charge on any atom is -0.496 e. The number of nitrogens with zero attached hydrogens (tertiary/aromatic N) is 2. The van der Waals surface area contributed by atoms with Gasteiger partial charge < -0.3 is 15.4 Å². The van der Waals surface area contributed by atoms with Gasteiger partial charge in [-0.15, -0.1) is 0 Å². The van der Waals surface area contributed by atoms with E-state index in [0.717, 1.165) is 5.56 Å². The maximum atomic E-state index is 13.0. The van der Waals surface area contributed by atoms with Crippen molar-refractivity contribution < 1.29 is 14.3 Å². The molecule has 156 valence electrons. The largest absolute Gasteiger partial charge is 0.496 e. The summed E-state index contributed by atoms with van der Waals surface area (Å²) in [5.41, 5.74) is 2.66. The normalized spacial score (nSPS) is 11.6. The third-order valence-electron chi connectivity index (χ3n) is 4.65. The van der Waals surface area contributed by atoms with Gasteiger partial charge in [0.1, 0.15) is 17.5 Å². The number of ether oxygens (including phenoxy) is 1. The summed E-state index contributed by atoms with van der Waals surface area (Å²) in [6, 6.07) is 16.6. The Morgan fingerprint density at radius 1 is 1.10 bits per heavy atom. The Kier molecular flexibility index (Phi) is 6.85. The van der Waals surface area contributed by atoms with Crippen molar-refractivity contribution >= 4 is 11.8 Å². The third-order valence-corrected chi connectivity index (χ3v) is 4.65. The number of hydrogen-bond donors (Lipinski definition) is 2. The van der Waals surface area contributed by atoms with Crippen LogP contribution in [0.1, 0.15) is 29.8 Å². The summed E-state index contributed by atoms with van der Waals surface area (Å²) in [5.74, 6) is 0.0172. The summed E-state index contributed by atoms with van der Waals surface area (Å²) in [6.07, 6.45) is 1.70. The smallest absolute Gasteiger partial charge is 0.255 e. The molecule has 2 aromatic carbocycles. The summed E-state index contributed by atoms with van der Waals surface area (Å²) in [7, 11) is 1.58. The molecule has 0 saturated heterocycles. The number of nitrogens with one attached hydrogen (secondary N) is 2. The van der Waals surface area contributed by atoms with Gasteiger partial charge in [0.2, 0.25) is 5.91 Å². The monoisotopic (exact) mass is 406 g/mol. The van der Waals surface area contributed by atoms with Crippen molar-refractivity contribution in [2.45, 2.75) is 26.4 Å². The second kappa shape index (κ2) is 9.73. The number of methoxy groups -OCH3 is 1. The van der Waals surface area contributed by atoms with Gasteiger partial charge in [0.15, 0.2) is 0 Å². The zero-order valence-corrected chi connectivity index (χ0v) is 17.4. The molecule has 0 spiro atoms. The van der Waals surface area contributed by atoms with Crippen LogP contribution in [0, 0.1) is 0 Å². The lowest BCUT2D eigenvalue weighted by Gasteiger charge is -2.13. The van der Waals surface area contributed by atoms with Gasteiger partial charge in [-0.3, -0.25) is 14.3 Å². The number of likely N-dealkylation sites (N-methyl/N-ethyl adjacent to an activating group) is 1. The van der Waals surface area contributed by atoms with Crippen LogP contribution in [-0.4, -0.2) is 41.3 Å². The SMILES string of the molecule is CCNC(=O)[C@H](C)NC(=O)c1cn(Cc2ccccc2)nc1-c1ccccc1OC. The molecule has 2 amide bonds. The number of carbonyl (C=O) groups is 2. The van der Waals surface area contributed by atoms with Gasteiger partial charge in [-0.25, -0.2) is 0 Å². The van der Waals surface area contributed by atoms with Gasteiger partial charge in [-0.2, -0.15) is 5.10 Å². The van der Waals surface area contributed by atoms with E-state index in [1.165, 1.54) is 0 Å². The first kappa shape index (κ1) is 21.1. The Hall–Kier alpha value is -3.61. The Morgan fingerprint density at radius 3 is 2.50 bits per heavy atom. The van der Waals surface area contributed by atoms with E-state index in [-0.39, 0.29) is 11.8 Å². The molecule has 0 aliphatic carbocycles. The van der Waals surface area contributed by atoms with E-state index in [0.29, 0.717) is 35.7 Å². The molecule has 0 fully saturated rings. The van der Waals surface area contributed by atoms with E-state index in [1.54, 1.807) is 24.9 Å². The molecule has 7 heteroatoms. The number of para-hydroxylation sites is 1. The molecule has 0 bridgehead atoms. The maximum Gasteiger partial charge on any atom is 0.255 e. The zero-order valence-electron chi connectivity index (χ0n) is 17.4. The van der Waals surface area contributed by atoms with Crippen molar-refractivity contribution in [1.29, 1.82) is 0 Å². The predicted octanol–water partition coefficient (Wildman–Crippen LogP) is 2.86. The lowest BCUT2D eigenvalue weighted by Crippen LogP contribution is -2.44. The minimum absolute atomic E-state index is 0.235. The van der Waals surface area contributed by atoms with E-state index in [2.05, 4.69) is 15.7 Å². The van der Waals surface area contributed by atoms with Crippen molar-refractivity contribution in [3.63, 3.8) is 0 Å². The maximum absolute atomic E-state index is 13.0. The van der Waals surface area contributed by atoms with Gasteiger partial charge >= 0.3 is 0 Å². The molecule has 0 saturated carbocycles. The van der Waals surface area contributed by atoms with Gasteiger partial charge in [0, 0.05) is 18.3 Å². The zero-order chi connectivity index (χ0) is 21.5. The molecule has 0 radical (unpaired) electrons. The molecule has 1 atom stereocenters. The summed E-state index contributed by atoms with van der Waals surface area (Å²) < 4.78 is 7.19. The first-order valence-corrected chi connectivity index (χ1v) is 9.86. The highest BCUT2D eigenvalue weighted by Crippen LogP contribution is 2.31. The van der Waals surface area contributed by atoms with Crippen LogP contribution in [0.3, 0.4) is 0 Å². The first-order chi connectivity index (χ1) is 14.5. The lowest BCUT2D eigenvalue weighted by molar-refractivity contribution is -0.122. The average Bonchev–Trinajstić information content (AvgIpc) is 3.18. The molecule has 30 heavy (non-hydrogen) atoms.